The first-order valence-electron chi connectivity index (χ1n) is 12.4. The van der Waals surface area contributed by atoms with Crippen molar-refractivity contribution in [3.8, 4) is 0 Å². The largest absolute Gasteiger partial charge is 0.480 e. The lowest BCUT2D eigenvalue weighted by Gasteiger charge is -2.52. The van der Waals surface area contributed by atoms with E-state index in [1.54, 1.807) is 18.3 Å². The zero-order valence-corrected chi connectivity index (χ0v) is 22.2. The third-order valence-corrected chi connectivity index (χ3v) is 8.68. The Morgan fingerprint density at radius 2 is 1.94 bits per heavy atom. The minimum atomic E-state index is -0.761. The Morgan fingerprint density at radius 3 is 2.61 bits per heavy atom. The molecule has 0 amide bonds. The standard InChI is InChI=1S/C25H30Cl3N5O3/c1-13(18-5-4-15(26)7-20(18)27)30-23-21(28)10-29-25(31-23)32-11-14(12-32)19-3-2-6-33(22(19)24(35)36)16-8-17(34)9-16/h4-5,7,10,13-14,16-17,19,22,34H,2-3,6,8-9,11-12H2,1H3,(H,35,36)(H,29,30,31)/t13-,16?,17?,19?,22?/m1/s1. The molecule has 5 rings (SSSR count). The molecule has 1 aromatic heterocycles. The van der Waals surface area contributed by atoms with Gasteiger partial charge in [0.25, 0.3) is 0 Å². The number of nitrogens with zero attached hydrogens (tertiary/aromatic N) is 4. The third-order valence-electron chi connectivity index (χ3n) is 7.84. The van der Waals surface area contributed by atoms with Crippen LogP contribution in [0.15, 0.2) is 24.4 Å². The molecule has 0 bridgehead atoms. The summed E-state index contributed by atoms with van der Waals surface area (Å²) in [6, 6.07) is 4.87. The molecule has 3 atom stereocenters. The van der Waals surface area contributed by atoms with Gasteiger partial charge in [-0.05, 0) is 68.7 Å². The van der Waals surface area contributed by atoms with E-state index in [0.717, 1.165) is 24.9 Å². The first-order chi connectivity index (χ1) is 17.2. The number of hydrogen-bond donors (Lipinski definition) is 3. The summed E-state index contributed by atoms with van der Waals surface area (Å²) in [6.07, 6.45) is 4.50. The minimum absolute atomic E-state index is 0.0715. The van der Waals surface area contributed by atoms with Gasteiger partial charge in [-0.25, -0.2) is 4.98 Å². The van der Waals surface area contributed by atoms with Crippen LogP contribution in [0, 0.1) is 11.8 Å². The van der Waals surface area contributed by atoms with Crippen molar-refractivity contribution in [3.05, 3.63) is 45.0 Å². The molecule has 2 unspecified atom stereocenters. The summed E-state index contributed by atoms with van der Waals surface area (Å²) in [5.74, 6) is 0.640. The molecular weight excluding hydrogens is 525 g/mol. The molecule has 2 aromatic rings. The second-order valence-corrected chi connectivity index (χ2v) is 11.4. The maximum Gasteiger partial charge on any atom is 0.321 e. The van der Waals surface area contributed by atoms with Crippen molar-refractivity contribution in [2.45, 2.75) is 56.8 Å². The predicted molar refractivity (Wildman–Crippen MR) is 141 cm³/mol. The van der Waals surface area contributed by atoms with Gasteiger partial charge in [-0.2, -0.15) is 4.98 Å². The van der Waals surface area contributed by atoms with E-state index in [-0.39, 0.29) is 30.0 Å². The Bertz CT molecular complexity index is 1130. The van der Waals surface area contributed by atoms with Crippen LogP contribution in [0.1, 0.15) is 44.2 Å². The van der Waals surface area contributed by atoms with Crippen LogP contribution in [0.3, 0.4) is 0 Å². The number of hydrogen-bond acceptors (Lipinski definition) is 7. The van der Waals surface area contributed by atoms with E-state index in [9.17, 15) is 15.0 Å². The fourth-order valence-electron chi connectivity index (χ4n) is 5.80. The Labute approximate surface area is 225 Å². The number of anilines is 2. The smallest absolute Gasteiger partial charge is 0.321 e. The van der Waals surface area contributed by atoms with Crippen molar-refractivity contribution in [1.82, 2.24) is 14.9 Å². The molecule has 11 heteroatoms. The number of aliphatic hydroxyl groups excluding tert-OH is 1. The number of carboxylic acid groups (broad SMARTS) is 1. The number of halogens is 3. The number of piperidine rings is 1. The Balaban J connectivity index is 1.25. The van der Waals surface area contributed by atoms with Crippen molar-refractivity contribution >= 4 is 52.5 Å². The molecule has 3 aliphatic rings. The maximum absolute atomic E-state index is 12.3. The van der Waals surface area contributed by atoms with Crippen LogP contribution in [0.4, 0.5) is 11.8 Å². The molecule has 3 N–H and O–H groups in total. The molecule has 3 fully saturated rings. The summed E-state index contributed by atoms with van der Waals surface area (Å²) in [6.45, 7) is 4.16. The number of aliphatic carboxylic acids is 1. The number of benzene rings is 1. The maximum atomic E-state index is 12.3. The SMILES string of the molecule is C[C@@H](Nc1nc(N2CC(C3CCCN(C4CC(O)C4)C3C(=O)O)C2)ncc1Cl)c1ccc(Cl)cc1Cl. The van der Waals surface area contributed by atoms with E-state index in [2.05, 4.69) is 25.1 Å². The topological polar surface area (TPSA) is 102 Å². The van der Waals surface area contributed by atoms with Crippen LogP contribution in [-0.2, 0) is 4.79 Å². The average molecular weight is 555 g/mol. The molecule has 3 heterocycles. The van der Waals surface area contributed by atoms with Crippen molar-refractivity contribution < 1.29 is 15.0 Å². The highest BCUT2D eigenvalue weighted by Gasteiger charge is 2.48. The van der Waals surface area contributed by atoms with Gasteiger partial charge in [0.2, 0.25) is 5.95 Å². The summed E-state index contributed by atoms with van der Waals surface area (Å²) in [7, 11) is 0. The predicted octanol–water partition coefficient (Wildman–Crippen LogP) is 4.73. The normalized spacial score (nSPS) is 27.8. The van der Waals surface area contributed by atoms with Crippen LogP contribution in [0.25, 0.3) is 0 Å². The summed E-state index contributed by atoms with van der Waals surface area (Å²) in [5.41, 5.74) is 0.877. The van der Waals surface area contributed by atoms with Crippen LogP contribution < -0.4 is 10.2 Å². The molecule has 0 radical (unpaired) electrons. The quantitative estimate of drug-likeness (QED) is 0.451. The zero-order valence-electron chi connectivity index (χ0n) is 19.9. The monoisotopic (exact) mass is 553 g/mol. The van der Waals surface area contributed by atoms with E-state index in [1.165, 1.54) is 0 Å². The van der Waals surface area contributed by atoms with E-state index in [1.807, 2.05) is 13.0 Å². The Morgan fingerprint density at radius 1 is 1.19 bits per heavy atom. The van der Waals surface area contributed by atoms with E-state index < -0.39 is 12.0 Å². The van der Waals surface area contributed by atoms with Gasteiger partial charge in [-0.15, -0.1) is 0 Å². The summed E-state index contributed by atoms with van der Waals surface area (Å²) < 4.78 is 0. The van der Waals surface area contributed by atoms with Gasteiger partial charge in [-0.3, -0.25) is 9.69 Å². The molecule has 2 aliphatic heterocycles. The molecule has 1 aliphatic carbocycles. The summed E-state index contributed by atoms with van der Waals surface area (Å²) in [4.78, 5) is 25.5. The number of aliphatic hydroxyl groups is 1. The van der Waals surface area contributed by atoms with Crippen molar-refractivity contribution in [2.75, 3.05) is 29.9 Å². The fraction of sp³-hybridized carbons (Fsp3) is 0.560. The van der Waals surface area contributed by atoms with Gasteiger partial charge < -0.3 is 20.4 Å². The average Bonchev–Trinajstić information content (AvgIpc) is 2.77. The van der Waals surface area contributed by atoms with Crippen LogP contribution in [0.5, 0.6) is 0 Å². The number of carboxylic acids is 1. The zero-order chi connectivity index (χ0) is 25.6. The van der Waals surface area contributed by atoms with Gasteiger partial charge in [0.15, 0.2) is 5.82 Å². The molecule has 1 saturated carbocycles. The van der Waals surface area contributed by atoms with Crippen molar-refractivity contribution in [2.24, 2.45) is 11.8 Å². The minimum Gasteiger partial charge on any atom is -0.480 e. The van der Waals surface area contributed by atoms with E-state index >= 15 is 0 Å². The number of likely N-dealkylation sites (tertiary alicyclic amines) is 1. The number of carbonyl (C=O) groups is 1. The number of rotatable bonds is 7. The highest BCUT2D eigenvalue weighted by molar-refractivity contribution is 6.35. The number of nitrogens with one attached hydrogen (secondary N) is 1. The lowest BCUT2D eigenvalue weighted by molar-refractivity contribution is -0.154. The highest BCUT2D eigenvalue weighted by atomic mass is 35.5. The molecular formula is C25H30Cl3N5O3. The molecule has 194 valence electrons. The van der Waals surface area contributed by atoms with Crippen LogP contribution in [-0.4, -0.2) is 68.9 Å². The van der Waals surface area contributed by atoms with Gasteiger partial charge in [0.05, 0.1) is 18.3 Å². The Hall–Kier alpha value is -1.84. The van der Waals surface area contributed by atoms with Crippen LogP contribution in [0.2, 0.25) is 15.1 Å². The summed E-state index contributed by atoms with van der Waals surface area (Å²) >= 11 is 18.8. The van der Waals surface area contributed by atoms with Gasteiger partial charge in [0, 0.05) is 29.2 Å². The third kappa shape index (κ3) is 5.11. The fourth-order valence-corrected chi connectivity index (χ4v) is 6.52. The molecule has 1 aromatic carbocycles. The second kappa shape index (κ2) is 10.5. The first-order valence-corrected chi connectivity index (χ1v) is 13.5. The Kier molecular flexibility index (Phi) is 7.52. The highest BCUT2D eigenvalue weighted by Crippen LogP contribution is 2.40. The lowest BCUT2D eigenvalue weighted by Crippen LogP contribution is -2.63. The molecule has 0 spiro atoms. The van der Waals surface area contributed by atoms with Gasteiger partial charge >= 0.3 is 5.97 Å². The molecule has 36 heavy (non-hydrogen) atoms. The van der Waals surface area contributed by atoms with Gasteiger partial charge in [0.1, 0.15) is 11.1 Å². The first kappa shape index (κ1) is 25.8. The van der Waals surface area contributed by atoms with Crippen molar-refractivity contribution in [3.63, 3.8) is 0 Å². The van der Waals surface area contributed by atoms with Crippen molar-refractivity contribution in [1.29, 1.82) is 0 Å². The molecule has 8 nitrogen and oxygen atoms in total. The van der Waals surface area contributed by atoms with Crippen LogP contribution >= 0.6 is 34.8 Å². The van der Waals surface area contributed by atoms with E-state index in [0.29, 0.717) is 52.8 Å². The van der Waals surface area contributed by atoms with E-state index in [4.69, 9.17) is 34.8 Å². The van der Waals surface area contributed by atoms with Gasteiger partial charge in [-0.1, -0.05) is 40.9 Å². The number of aromatic nitrogens is 2. The second-order valence-electron chi connectivity index (χ2n) is 10.2. The lowest BCUT2D eigenvalue weighted by atomic mass is 9.73. The molecule has 2 saturated heterocycles. The summed E-state index contributed by atoms with van der Waals surface area (Å²) in [5, 5.41) is 24.7.